The standard InChI is InChI=1S/C22H27N7O/c1-4-16-5-7-17(8-6-16)25-21-26-19(13-20(30)27-21)18-14-23-22(24-15(18)2)29-11-9-28(3)10-12-29/h5-8,13-14H,4,9-12H2,1-3H3,(H2,25,26,27,30). The van der Waals surface area contributed by atoms with Crippen molar-refractivity contribution < 1.29 is 0 Å². The Kier molecular flexibility index (Phi) is 5.76. The zero-order chi connectivity index (χ0) is 21.1. The summed E-state index contributed by atoms with van der Waals surface area (Å²) in [5, 5.41) is 3.17. The summed E-state index contributed by atoms with van der Waals surface area (Å²) in [4.78, 5) is 33.3. The Morgan fingerprint density at radius 2 is 1.83 bits per heavy atom. The van der Waals surface area contributed by atoms with E-state index in [2.05, 4.69) is 61.2 Å². The highest BCUT2D eigenvalue weighted by Crippen LogP contribution is 2.22. The molecule has 1 aliphatic heterocycles. The van der Waals surface area contributed by atoms with Crippen LogP contribution >= 0.6 is 0 Å². The van der Waals surface area contributed by atoms with Crippen molar-refractivity contribution in [1.82, 2.24) is 24.8 Å². The molecular weight excluding hydrogens is 378 g/mol. The summed E-state index contributed by atoms with van der Waals surface area (Å²) in [5.41, 5.74) is 4.00. The minimum Gasteiger partial charge on any atom is -0.338 e. The lowest BCUT2D eigenvalue weighted by atomic mass is 10.1. The third kappa shape index (κ3) is 4.49. The SMILES string of the molecule is CCc1ccc(Nc2nc(-c3cnc(N4CCN(C)CC4)nc3C)cc(=O)[nH]2)cc1. The van der Waals surface area contributed by atoms with Crippen molar-refractivity contribution in [3.63, 3.8) is 0 Å². The highest BCUT2D eigenvalue weighted by atomic mass is 16.1. The van der Waals surface area contributed by atoms with Gasteiger partial charge in [0.2, 0.25) is 11.9 Å². The van der Waals surface area contributed by atoms with E-state index in [1.165, 1.54) is 11.6 Å². The van der Waals surface area contributed by atoms with Gasteiger partial charge in [0.15, 0.2) is 0 Å². The van der Waals surface area contributed by atoms with E-state index in [-0.39, 0.29) is 5.56 Å². The first-order chi connectivity index (χ1) is 14.5. The van der Waals surface area contributed by atoms with Crippen molar-refractivity contribution in [2.75, 3.05) is 43.4 Å². The summed E-state index contributed by atoms with van der Waals surface area (Å²) >= 11 is 0. The van der Waals surface area contributed by atoms with Crippen LogP contribution in [0, 0.1) is 6.92 Å². The molecule has 1 saturated heterocycles. The highest BCUT2D eigenvalue weighted by Gasteiger charge is 2.18. The summed E-state index contributed by atoms with van der Waals surface area (Å²) in [7, 11) is 2.12. The van der Waals surface area contributed by atoms with Crippen LogP contribution in [0.2, 0.25) is 0 Å². The van der Waals surface area contributed by atoms with Gasteiger partial charge in [-0.3, -0.25) is 9.78 Å². The van der Waals surface area contributed by atoms with Gasteiger partial charge in [-0.05, 0) is 38.1 Å². The van der Waals surface area contributed by atoms with Crippen LogP contribution in [-0.2, 0) is 6.42 Å². The number of hydrogen-bond donors (Lipinski definition) is 2. The molecule has 1 aliphatic rings. The Hall–Kier alpha value is -3.26. The molecule has 0 atom stereocenters. The smallest absolute Gasteiger partial charge is 0.252 e. The van der Waals surface area contributed by atoms with Gasteiger partial charge < -0.3 is 15.1 Å². The average Bonchev–Trinajstić information content (AvgIpc) is 2.74. The van der Waals surface area contributed by atoms with E-state index in [9.17, 15) is 4.79 Å². The number of H-pyrrole nitrogens is 1. The van der Waals surface area contributed by atoms with Crippen LogP contribution in [0.5, 0.6) is 0 Å². The Morgan fingerprint density at radius 1 is 1.10 bits per heavy atom. The summed E-state index contributed by atoms with van der Waals surface area (Å²) in [5.74, 6) is 1.12. The lowest BCUT2D eigenvalue weighted by Crippen LogP contribution is -2.45. The summed E-state index contributed by atoms with van der Waals surface area (Å²) in [6, 6.07) is 9.54. The van der Waals surface area contributed by atoms with Crippen LogP contribution in [0.1, 0.15) is 18.2 Å². The number of nitrogens with zero attached hydrogens (tertiary/aromatic N) is 5. The number of hydrogen-bond acceptors (Lipinski definition) is 7. The number of aryl methyl sites for hydroxylation is 2. The number of nitrogens with one attached hydrogen (secondary N) is 2. The van der Waals surface area contributed by atoms with E-state index < -0.39 is 0 Å². The maximum atomic E-state index is 12.2. The van der Waals surface area contributed by atoms with Crippen molar-refractivity contribution >= 4 is 17.6 Å². The van der Waals surface area contributed by atoms with Crippen LogP contribution in [0.15, 0.2) is 41.3 Å². The monoisotopic (exact) mass is 405 g/mol. The number of anilines is 3. The van der Waals surface area contributed by atoms with E-state index in [0.717, 1.165) is 55.5 Å². The van der Waals surface area contributed by atoms with Crippen LogP contribution in [0.4, 0.5) is 17.6 Å². The molecule has 4 rings (SSSR count). The third-order valence-corrected chi connectivity index (χ3v) is 5.40. The second kappa shape index (κ2) is 8.62. The molecule has 0 bridgehead atoms. The molecule has 156 valence electrons. The Balaban J connectivity index is 1.58. The van der Waals surface area contributed by atoms with Crippen molar-refractivity contribution in [2.24, 2.45) is 0 Å². The van der Waals surface area contributed by atoms with Crippen LogP contribution in [0.3, 0.4) is 0 Å². The molecule has 0 spiro atoms. The minimum atomic E-state index is -0.227. The maximum absolute atomic E-state index is 12.2. The van der Waals surface area contributed by atoms with E-state index in [1.54, 1.807) is 6.20 Å². The van der Waals surface area contributed by atoms with E-state index in [4.69, 9.17) is 0 Å². The van der Waals surface area contributed by atoms with Gasteiger partial charge in [0.25, 0.3) is 5.56 Å². The van der Waals surface area contributed by atoms with Crippen LogP contribution in [-0.4, -0.2) is 58.1 Å². The molecule has 1 aromatic carbocycles. The normalized spacial score (nSPS) is 14.7. The molecule has 8 nitrogen and oxygen atoms in total. The largest absolute Gasteiger partial charge is 0.338 e. The lowest BCUT2D eigenvalue weighted by molar-refractivity contribution is 0.311. The number of aromatic nitrogens is 4. The quantitative estimate of drug-likeness (QED) is 0.674. The fraction of sp³-hybridized carbons (Fsp3) is 0.364. The van der Waals surface area contributed by atoms with Gasteiger partial charge >= 0.3 is 0 Å². The second-order valence-corrected chi connectivity index (χ2v) is 7.61. The van der Waals surface area contributed by atoms with Gasteiger partial charge in [-0.1, -0.05) is 19.1 Å². The molecule has 0 radical (unpaired) electrons. The molecule has 30 heavy (non-hydrogen) atoms. The van der Waals surface area contributed by atoms with Gasteiger partial charge in [-0.15, -0.1) is 0 Å². The average molecular weight is 406 g/mol. The first-order valence-corrected chi connectivity index (χ1v) is 10.3. The molecule has 0 aliphatic carbocycles. The van der Waals surface area contributed by atoms with Gasteiger partial charge in [0.1, 0.15) is 0 Å². The number of piperazine rings is 1. The predicted molar refractivity (Wildman–Crippen MR) is 119 cm³/mol. The molecule has 2 N–H and O–H groups in total. The van der Waals surface area contributed by atoms with Gasteiger partial charge in [-0.25, -0.2) is 15.0 Å². The first kappa shape index (κ1) is 20.0. The van der Waals surface area contributed by atoms with E-state index in [1.807, 2.05) is 19.1 Å². The Morgan fingerprint density at radius 3 is 2.50 bits per heavy atom. The summed E-state index contributed by atoms with van der Waals surface area (Å²) < 4.78 is 0. The van der Waals surface area contributed by atoms with E-state index in [0.29, 0.717) is 11.6 Å². The number of likely N-dealkylation sites (N-methyl/N-ethyl adjacent to an activating group) is 1. The fourth-order valence-electron chi connectivity index (χ4n) is 3.48. The van der Waals surface area contributed by atoms with Crippen molar-refractivity contribution in [3.8, 4) is 11.3 Å². The third-order valence-electron chi connectivity index (χ3n) is 5.40. The molecule has 1 fully saturated rings. The van der Waals surface area contributed by atoms with Gasteiger partial charge in [0, 0.05) is 49.7 Å². The molecule has 0 amide bonds. The van der Waals surface area contributed by atoms with Crippen molar-refractivity contribution in [3.05, 3.63) is 58.1 Å². The summed E-state index contributed by atoms with van der Waals surface area (Å²) in [6.07, 6.45) is 2.74. The Bertz CT molecular complexity index is 1070. The first-order valence-electron chi connectivity index (χ1n) is 10.3. The fourth-order valence-corrected chi connectivity index (χ4v) is 3.48. The molecule has 2 aromatic heterocycles. The van der Waals surface area contributed by atoms with Crippen LogP contribution < -0.4 is 15.8 Å². The molecule has 3 aromatic rings. The Labute approximate surface area is 176 Å². The predicted octanol–water partition coefficient (Wildman–Crippen LogP) is 2.59. The molecule has 3 heterocycles. The number of aromatic amines is 1. The zero-order valence-electron chi connectivity index (χ0n) is 17.6. The van der Waals surface area contributed by atoms with Crippen molar-refractivity contribution in [1.29, 1.82) is 0 Å². The molecule has 8 heteroatoms. The number of benzene rings is 1. The van der Waals surface area contributed by atoms with Crippen molar-refractivity contribution in [2.45, 2.75) is 20.3 Å². The maximum Gasteiger partial charge on any atom is 0.252 e. The van der Waals surface area contributed by atoms with E-state index >= 15 is 0 Å². The molecule has 0 unspecified atom stereocenters. The summed E-state index contributed by atoms with van der Waals surface area (Å²) in [6.45, 7) is 7.84. The van der Waals surface area contributed by atoms with Gasteiger partial charge in [-0.2, -0.15) is 0 Å². The second-order valence-electron chi connectivity index (χ2n) is 7.61. The van der Waals surface area contributed by atoms with Crippen LogP contribution in [0.25, 0.3) is 11.3 Å². The van der Waals surface area contributed by atoms with Gasteiger partial charge in [0.05, 0.1) is 11.4 Å². The minimum absolute atomic E-state index is 0.227. The highest BCUT2D eigenvalue weighted by molar-refractivity contribution is 5.64. The molecular formula is C22H27N7O. The number of rotatable bonds is 5. The topological polar surface area (TPSA) is 90.0 Å². The molecule has 0 saturated carbocycles. The zero-order valence-corrected chi connectivity index (χ0v) is 17.6. The lowest BCUT2D eigenvalue weighted by Gasteiger charge is -2.32.